The first-order valence-electron chi connectivity index (χ1n) is 9.04. The van der Waals surface area contributed by atoms with Crippen LogP contribution in [0.15, 0.2) is 24.3 Å². The normalized spacial score (nSPS) is 31.7. The third-order valence-corrected chi connectivity index (χ3v) is 6.01. The van der Waals surface area contributed by atoms with Gasteiger partial charge in [0.2, 0.25) is 5.91 Å². The Morgan fingerprint density at radius 1 is 1.04 bits per heavy atom. The topological polar surface area (TPSA) is 64.4 Å². The minimum Gasteiger partial charge on any atom is -0.490 e. The Morgan fingerprint density at radius 2 is 1.71 bits per heavy atom. The number of carbonyl (C=O) groups excluding carboxylic acids is 1. The maximum absolute atomic E-state index is 12.6. The molecule has 1 amide bonds. The van der Waals surface area contributed by atoms with E-state index in [1.54, 1.807) is 0 Å². The molecule has 132 valence electrons. The summed E-state index contributed by atoms with van der Waals surface area (Å²) in [6.45, 7) is 0. The number of anilines is 1. The van der Waals surface area contributed by atoms with E-state index in [0.29, 0.717) is 17.9 Å². The largest absolute Gasteiger partial charge is 0.490 e. The second-order valence-corrected chi connectivity index (χ2v) is 7.47. The fourth-order valence-corrected chi connectivity index (χ4v) is 4.77. The smallest absolute Gasteiger partial charge is 0.229 e. The molecule has 0 heterocycles. The van der Waals surface area contributed by atoms with E-state index in [-0.39, 0.29) is 30.3 Å². The Morgan fingerprint density at radius 3 is 2.33 bits per heavy atom. The Bertz CT molecular complexity index is 569. The number of rotatable bonds is 4. The number of nitrogens with one attached hydrogen (secondary N) is 1. The van der Waals surface area contributed by atoms with Crippen molar-refractivity contribution in [2.75, 3.05) is 5.32 Å². The molecule has 4 nitrogen and oxygen atoms in total. The monoisotopic (exact) mass is 350 g/mol. The van der Waals surface area contributed by atoms with Crippen molar-refractivity contribution in [3.8, 4) is 5.75 Å². The standard InChI is InChI=1S/C19H26N2O2.ClH/c20-18-13-6-5-12(11-13)17(18)19(22)21-14-7-9-16(10-8-14)23-15-3-1-2-4-15;/h7-10,12-13,15,17-18H,1-6,11,20H2,(H,21,22);1H. The SMILES string of the molecule is Cl.NC1C2CCC(C2)C1C(=O)Nc1ccc(OC2CCCC2)cc1. The average molecular weight is 351 g/mol. The summed E-state index contributed by atoms with van der Waals surface area (Å²) in [5.74, 6) is 2.02. The van der Waals surface area contributed by atoms with Crippen LogP contribution in [0.2, 0.25) is 0 Å². The predicted molar refractivity (Wildman–Crippen MR) is 97.5 cm³/mol. The molecule has 1 aromatic carbocycles. The molecule has 5 heteroatoms. The number of hydrogen-bond donors (Lipinski definition) is 2. The quantitative estimate of drug-likeness (QED) is 0.869. The molecule has 3 fully saturated rings. The lowest BCUT2D eigenvalue weighted by molar-refractivity contribution is -0.121. The second kappa shape index (κ2) is 7.32. The van der Waals surface area contributed by atoms with Gasteiger partial charge in [-0.25, -0.2) is 0 Å². The molecule has 0 radical (unpaired) electrons. The molecule has 3 aliphatic carbocycles. The van der Waals surface area contributed by atoms with Crippen molar-refractivity contribution < 1.29 is 9.53 Å². The molecule has 0 spiro atoms. The van der Waals surface area contributed by atoms with Gasteiger partial charge in [0.05, 0.1) is 12.0 Å². The maximum Gasteiger partial charge on any atom is 0.229 e. The predicted octanol–water partition coefficient (Wildman–Crippen LogP) is 3.74. The van der Waals surface area contributed by atoms with Crippen LogP contribution in [0.25, 0.3) is 0 Å². The summed E-state index contributed by atoms with van der Waals surface area (Å²) in [5.41, 5.74) is 7.09. The van der Waals surface area contributed by atoms with Gasteiger partial charge < -0.3 is 15.8 Å². The Hall–Kier alpha value is -1.26. The molecule has 1 aromatic rings. The zero-order valence-corrected chi connectivity index (χ0v) is 14.8. The van der Waals surface area contributed by atoms with Crippen LogP contribution in [-0.2, 0) is 4.79 Å². The molecule has 4 unspecified atom stereocenters. The summed E-state index contributed by atoms with van der Waals surface area (Å²) in [6.07, 6.45) is 8.69. The second-order valence-electron chi connectivity index (χ2n) is 7.47. The van der Waals surface area contributed by atoms with E-state index in [1.807, 2.05) is 24.3 Å². The van der Waals surface area contributed by atoms with Crippen molar-refractivity contribution in [1.82, 2.24) is 0 Å². The van der Waals surface area contributed by atoms with Crippen LogP contribution in [0, 0.1) is 17.8 Å². The lowest BCUT2D eigenvalue weighted by atomic mass is 9.84. The Labute approximate surface area is 149 Å². The van der Waals surface area contributed by atoms with Crippen LogP contribution in [0.5, 0.6) is 5.75 Å². The van der Waals surface area contributed by atoms with E-state index >= 15 is 0 Å². The summed E-state index contributed by atoms with van der Waals surface area (Å²) in [6, 6.07) is 7.81. The number of amides is 1. The first-order chi connectivity index (χ1) is 11.2. The zero-order chi connectivity index (χ0) is 15.8. The van der Waals surface area contributed by atoms with E-state index in [2.05, 4.69) is 5.32 Å². The number of hydrogen-bond acceptors (Lipinski definition) is 3. The summed E-state index contributed by atoms with van der Waals surface area (Å²) in [7, 11) is 0. The molecule has 2 bridgehead atoms. The van der Waals surface area contributed by atoms with Gasteiger partial charge in [0, 0.05) is 11.7 Å². The van der Waals surface area contributed by atoms with Crippen LogP contribution in [0.1, 0.15) is 44.9 Å². The van der Waals surface area contributed by atoms with E-state index in [4.69, 9.17) is 10.5 Å². The van der Waals surface area contributed by atoms with E-state index in [9.17, 15) is 4.79 Å². The molecule has 0 saturated heterocycles. The fraction of sp³-hybridized carbons (Fsp3) is 0.632. The Balaban J connectivity index is 0.00000169. The number of ether oxygens (including phenoxy) is 1. The van der Waals surface area contributed by atoms with E-state index in [0.717, 1.165) is 37.1 Å². The van der Waals surface area contributed by atoms with Crippen molar-refractivity contribution in [2.24, 2.45) is 23.5 Å². The fourth-order valence-electron chi connectivity index (χ4n) is 4.77. The van der Waals surface area contributed by atoms with Crippen molar-refractivity contribution in [3.05, 3.63) is 24.3 Å². The van der Waals surface area contributed by atoms with Crippen LogP contribution in [0.3, 0.4) is 0 Å². The molecule has 0 aromatic heterocycles. The first-order valence-corrected chi connectivity index (χ1v) is 9.04. The lowest BCUT2D eigenvalue weighted by Crippen LogP contribution is -2.42. The lowest BCUT2D eigenvalue weighted by Gasteiger charge is -2.27. The molecule has 4 atom stereocenters. The number of carbonyl (C=O) groups is 1. The van der Waals surface area contributed by atoms with Gasteiger partial charge in [0.25, 0.3) is 0 Å². The van der Waals surface area contributed by atoms with Gasteiger partial charge in [-0.15, -0.1) is 12.4 Å². The van der Waals surface area contributed by atoms with Crippen LogP contribution >= 0.6 is 12.4 Å². The summed E-state index contributed by atoms with van der Waals surface area (Å²) in [5, 5.41) is 3.05. The van der Waals surface area contributed by atoms with Crippen LogP contribution in [0.4, 0.5) is 5.69 Å². The Kier molecular flexibility index (Phi) is 5.36. The van der Waals surface area contributed by atoms with Crippen molar-refractivity contribution in [2.45, 2.75) is 57.1 Å². The van der Waals surface area contributed by atoms with Crippen LogP contribution in [-0.4, -0.2) is 18.1 Å². The highest BCUT2D eigenvalue weighted by atomic mass is 35.5. The molecule has 3 N–H and O–H groups in total. The van der Waals surface area contributed by atoms with Gasteiger partial charge in [0.1, 0.15) is 5.75 Å². The van der Waals surface area contributed by atoms with Crippen molar-refractivity contribution in [1.29, 1.82) is 0 Å². The summed E-state index contributed by atoms with van der Waals surface area (Å²) < 4.78 is 5.96. The molecular weight excluding hydrogens is 324 g/mol. The van der Waals surface area contributed by atoms with Gasteiger partial charge in [-0.3, -0.25) is 4.79 Å². The maximum atomic E-state index is 12.6. The molecule has 4 rings (SSSR count). The number of benzene rings is 1. The van der Waals surface area contributed by atoms with Gasteiger partial charge in [0.15, 0.2) is 0 Å². The van der Waals surface area contributed by atoms with E-state index < -0.39 is 0 Å². The molecular formula is C19H27ClN2O2. The first kappa shape index (κ1) is 17.6. The minimum atomic E-state index is -0.0110. The molecule has 3 saturated carbocycles. The number of halogens is 1. The van der Waals surface area contributed by atoms with Gasteiger partial charge >= 0.3 is 0 Å². The molecule has 24 heavy (non-hydrogen) atoms. The van der Waals surface area contributed by atoms with Gasteiger partial charge in [-0.2, -0.15) is 0 Å². The highest BCUT2D eigenvalue weighted by Crippen LogP contribution is 2.47. The average Bonchev–Trinajstić information content (AvgIpc) is 3.26. The number of nitrogens with two attached hydrogens (primary N) is 1. The summed E-state index contributed by atoms with van der Waals surface area (Å²) in [4.78, 5) is 12.6. The van der Waals surface area contributed by atoms with E-state index in [1.165, 1.54) is 19.3 Å². The highest BCUT2D eigenvalue weighted by molar-refractivity contribution is 5.93. The number of fused-ring (bicyclic) bond motifs is 2. The summed E-state index contributed by atoms with van der Waals surface area (Å²) >= 11 is 0. The highest BCUT2D eigenvalue weighted by Gasteiger charge is 2.49. The third kappa shape index (κ3) is 3.40. The third-order valence-electron chi connectivity index (χ3n) is 6.01. The molecule has 0 aliphatic heterocycles. The van der Waals surface area contributed by atoms with Crippen molar-refractivity contribution >= 4 is 24.0 Å². The van der Waals surface area contributed by atoms with Crippen LogP contribution < -0.4 is 15.8 Å². The molecule has 3 aliphatic rings. The minimum absolute atomic E-state index is 0. The zero-order valence-electron chi connectivity index (χ0n) is 13.9. The van der Waals surface area contributed by atoms with Gasteiger partial charge in [-0.05, 0) is 81.0 Å². The van der Waals surface area contributed by atoms with Gasteiger partial charge in [-0.1, -0.05) is 0 Å². The van der Waals surface area contributed by atoms with Crippen molar-refractivity contribution in [3.63, 3.8) is 0 Å².